The molecule has 0 amide bonds. The van der Waals surface area contributed by atoms with E-state index in [-0.39, 0.29) is 6.42 Å². The molecule has 0 aromatic heterocycles. The highest BCUT2D eigenvalue weighted by Gasteiger charge is 2.11. The number of nitrogens with one attached hydrogen (secondary N) is 1. The highest BCUT2D eigenvalue weighted by atomic mass is 32.2. The number of anilines is 1. The highest BCUT2D eigenvalue weighted by Crippen LogP contribution is 2.34. The van der Waals surface area contributed by atoms with Crippen molar-refractivity contribution in [3.8, 4) is 11.5 Å². The van der Waals surface area contributed by atoms with E-state index < -0.39 is 5.97 Å². The topological polar surface area (TPSA) is 67.8 Å². The lowest BCUT2D eigenvalue weighted by molar-refractivity contribution is -0.136. The normalized spacial score (nSPS) is 10.4. The second-order valence-corrected chi connectivity index (χ2v) is 6.31. The first-order valence-electron chi connectivity index (χ1n) is 7.91. The van der Waals surface area contributed by atoms with Crippen LogP contribution < -0.4 is 14.8 Å². The molecular weight excluding hydrogens is 338 g/mol. The van der Waals surface area contributed by atoms with Crippen molar-refractivity contribution in [3.63, 3.8) is 0 Å². The number of rotatable bonds is 9. The first-order chi connectivity index (χ1) is 12.1. The number of hydrogen-bond acceptors (Lipinski definition) is 5. The lowest BCUT2D eigenvalue weighted by Gasteiger charge is -2.15. The van der Waals surface area contributed by atoms with Crippen LogP contribution in [0.1, 0.15) is 17.5 Å². The van der Waals surface area contributed by atoms with Crippen LogP contribution in [0.5, 0.6) is 11.5 Å². The minimum atomic E-state index is -0.784. The van der Waals surface area contributed by atoms with E-state index in [0.717, 1.165) is 21.7 Å². The fourth-order valence-electron chi connectivity index (χ4n) is 2.52. The standard InChI is InChI=1S/C19H23NO4S/c1-23-16-10-14(18(25-3)11-17(16)24-2)12-20-15-6-4-5-13(9-15)7-8-19(21)22/h4-6,9-11,20H,7-8,12H2,1-3H3,(H,21,22). The average molecular weight is 361 g/mol. The largest absolute Gasteiger partial charge is 0.493 e. The summed E-state index contributed by atoms with van der Waals surface area (Å²) in [5, 5.41) is 12.2. The Morgan fingerprint density at radius 1 is 1.16 bits per heavy atom. The summed E-state index contributed by atoms with van der Waals surface area (Å²) in [4.78, 5) is 11.8. The SMILES string of the molecule is COc1cc(CNc2cccc(CCC(=O)O)c2)c(SC)cc1OC. The lowest BCUT2D eigenvalue weighted by atomic mass is 10.1. The van der Waals surface area contributed by atoms with Crippen LogP contribution in [0, 0.1) is 0 Å². The molecule has 0 aliphatic heterocycles. The maximum absolute atomic E-state index is 10.7. The van der Waals surface area contributed by atoms with Crippen molar-refractivity contribution in [1.82, 2.24) is 0 Å². The van der Waals surface area contributed by atoms with Crippen LogP contribution >= 0.6 is 11.8 Å². The Morgan fingerprint density at radius 2 is 1.88 bits per heavy atom. The molecule has 0 heterocycles. The van der Waals surface area contributed by atoms with E-state index in [1.54, 1.807) is 26.0 Å². The molecule has 0 atom stereocenters. The Balaban J connectivity index is 2.12. The summed E-state index contributed by atoms with van der Waals surface area (Å²) in [6.45, 7) is 0.638. The van der Waals surface area contributed by atoms with Crippen LogP contribution in [0.3, 0.4) is 0 Å². The van der Waals surface area contributed by atoms with Gasteiger partial charge in [0, 0.05) is 23.5 Å². The second kappa shape index (κ2) is 9.22. The van der Waals surface area contributed by atoms with E-state index in [1.807, 2.05) is 42.7 Å². The van der Waals surface area contributed by atoms with Gasteiger partial charge in [0.2, 0.25) is 0 Å². The molecule has 0 radical (unpaired) electrons. The van der Waals surface area contributed by atoms with Gasteiger partial charge < -0.3 is 19.9 Å². The summed E-state index contributed by atoms with van der Waals surface area (Å²) in [6.07, 6.45) is 2.68. The second-order valence-electron chi connectivity index (χ2n) is 5.47. The average Bonchev–Trinajstić information content (AvgIpc) is 2.64. The van der Waals surface area contributed by atoms with Crippen molar-refractivity contribution in [2.75, 3.05) is 25.8 Å². The number of benzene rings is 2. The summed E-state index contributed by atoms with van der Waals surface area (Å²) >= 11 is 1.65. The van der Waals surface area contributed by atoms with Crippen LogP contribution in [-0.2, 0) is 17.8 Å². The molecule has 134 valence electrons. The van der Waals surface area contributed by atoms with Gasteiger partial charge in [-0.2, -0.15) is 0 Å². The number of ether oxygens (including phenoxy) is 2. The monoisotopic (exact) mass is 361 g/mol. The summed E-state index contributed by atoms with van der Waals surface area (Å²) in [7, 11) is 3.25. The van der Waals surface area contributed by atoms with Gasteiger partial charge in [-0.1, -0.05) is 12.1 Å². The first-order valence-corrected chi connectivity index (χ1v) is 9.13. The van der Waals surface area contributed by atoms with Crippen LogP contribution in [0.15, 0.2) is 41.3 Å². The van der Waals surface area contributed by atoms with E-state index in [2.05, 4.69) is 5.32 Å². The smallest absolute Gasteiger partial charge is 0.303 e. The van der Waals surface area contributed by atoms with Crippen LogP contribution in [0.25, 0.3) is 0 Å². The molecule has 0 bridgehead atoms. The van der Waals surface area contributed by atoms with Crippen molar-refractivity contribution < 1.29 is 19.4 Å². The maximum atomic E-state index is 10.7. The molecule has 2 rings (SSSR count). The van der Waals surface area contributed by atoms with Gasteiger partial charge in [0.1, 0.15) is 0 Å². The van der Waals surface area contributed by atoms with Crippen LogP contribution in [0.4, 0.5) is 5.69 Å². The van der Waals surface area contributed by atoms with Gasteiger partial charge in [-0.25, -0.2) is 0 Å². The zero-order valence-corrected chi connectivity index (χ0v) is 15.5. The van der Waals surface area contributed by atoms with Gasteiger partial charge in [-0.05, 0) is 48.1 Å². The summed E-state index contributed by atoms with van der Waals surface area (Å²) in [6, 6.07) is 11.8. The van der Waals surface area contributed by atoms with E-state index in [1.165, 1.54) is 0 Å². The molecule has 0 spiro atoms. The van der Waals surface area contributed by atoms with Gasteiger partial charge >= 0.3 is 5.97 Å². The van der Waals surface area contributed by atoms with Gasteiger partial charge in [-0.3, -0.25) is 4.79 Å². The number of carboxylic acid groups (broad SMARTS) is 1. The lowest BCUT2D eigenvalue weighted by Crippen LogP contribution is -2.03. The van der Waals surface area contributed by atoms with Gasteiger partial charge in [-0.15, -0.1) is 11.8 Å². The number of carboxylic acids is 1. The predicted octanol–water partition coefficient (Wildman–Crippen LogP) is 4.06. The Morgan fingerprint density at radius 3 is 2.52 bits per heavy atom. The van der Waals surface area contributed by atoms with E-state index >= 15 is 0 Å². The number of aryl methyl sites for hydroxylation is 1. The molecule has 0 fully saturated rings. The molecule has 0 unspecified atom stereocenters. The number of carbonyl (C=O) groups is 1. The molecule has 25 heavy (non-hydrogen) atoms. The molecule has 0 saturated carbocycles. The Bertz CT molecular complexity index is 733. The first kappa shape index (κ1) is 19.0. The minimum absolute atomic E-state index is 0.135. The van der Waals surface area contributed by atoms with Gasteiger partial charge in [0.15, 0.2) is 11.5 Å². The number of aliphatic carboxylic acids is 1. The predicted molar refractivity (Wildman–Crippen MR) is 101 cm³/mol. The molecular formula is C19H23NO4S. The van der Waals surface area contributed by atoms with Gasteiger partial charge in [0.25, 0.3) is 0 Å². The van der Waals surface area contributed by atoms with Crippen LogP contribution in [-0.4, -0.2) is 31.6 Å². The molecule has 0 aliphatic rings. The molecule has 5 nitrogen and oxygen atoms in total. The third-order valence-electron chi connectivity index (χ3n) is 3.82. The molecule has 2 N–H and O–H groups in total. The zero-order chi connectivity index (χ0) is 18.2. The Labute approximate surface area is 152 Å². The third-order valence-corrected chi connectivity index (χ3v) is 4.64. The number of hydrogen-bond donors (Lipinski definition) is 2. The maximum Gasteiger partial charge on any atom is 0.303 e. The number of methoxy groups -OCH3 is 2. The fraction of sp³-hybridized carbons (Fsp3) is 0.316. The van der Waals surface area contributed by atoms with Crippen molar-refractivity contribution in [2.45, 2.75) is 24.3 Å². The highest BCUT2D eigenvalue weighted by molar-refractivity contribution is 7.98. The van der Waals surface area contributed by atoms with E-state index in [4.69, 9.17) is 14.6 Å². The minimum Gasteiger partial charge on any atom is -0.493 e. The van der Waals surface area contributed by atoms with Crippen LogP contribution in [0.2, 0.25) is 0 Å². The van der Waals surface area contributed by atoms with Crippen molar-refractivity contribution >= 4 is 23.4 Å². The summed E-state index contributed by atoms with van der Waals surface area (Å²) in [5.74, 6) is 0.631. The quantitative estimate of drug-likeness (QED) is 0.657. The summed E-state index contributed by atoms with van der Waals surface area (Å²) in [5.41, 5.74) is 3.08. The molecule has 2 aromatic rings. The summed E-state index contributed by atoms with van der Waals surface area (Å²) < 4.78 is 10.7. The Hall–Kier alpha value is -2.34. The number of thioether (sulfide) groups is 1. The molecule has 0 saturated heterocycles. The Kier molecular flexibility index (Phi) is 7.01. The van der Waals surface area contributed by atoms with Crippen molar-refractivity contribution in [2.24, 2.45) is 0 Å². The van der Waals surface area contributed by atoms with E-state index in [0.29, 0.717) is 24.5 Å². The van der Waals surface area contributed by atoms with Crippen molar-refractivity contribution in [3.05, 3.63) is 47.5 Å². The fourth-order valence-corrected chi connectivity index (χ4v) is 3.13. The van der Waals surface area contributed by atoms with Crippen molar-refractivity contribution in [1.29, 1.82) is 0 Å². The third kappa shape index (κ3) is 5.32. The zero-order valence-electron chi connectivity index (χ0n) is 14.7. The molecule has 2 aromatic carbocycles. The van der Waals surface area contributed by atoms with E-state index in [9.17, 15) is 4.79 Å². The molecule has 6 heteroatoms. The van der Waals surface area contributed by atoms with Gasteiger partial charge in [0.05, 0.1) is 14.2 Å². The molecule has 0 aliphatic carbocycles.